The van der Waals surface area contributed by atoms with Gasteiger partial charge in [-0.2, -0.15) is 11.8 Å². The lowest BCUT2D eigenvalue weighted by atomic mass is 10.1. The summed E-state index contributed by atoms with van der Waals surface area (Å²) in [6.45, 7) is 7.28. The largest absolute Gasteiger partial charge is 0.441 e. The van der Waals surface area contributed by atoms with Gasteiger partial charge in [0.05, 0.1) is 0 Å². The molecule has 1 N–H and O–H groups in total. The van der Waals surface area contributed by atoms with Gasteiger partial charge >= 0.3 is 6.09 Å². The molecule has 1 atom stereocenters. The summed E-state index contributed by atoms with van der Waals surface area (Å²) in [5.41, 5.74) is 3.78. The SMILES string of the molecule is C=CCSCc1cccc(-c2onc(C)c2NC(=O)OC(C)c2ccccc2Cl)c1. The van der Waals surface area contributed by atoms with Gasteiger partial charge in [-0.05, 0) is 31.5 Å². The van der Waals surface area contributed by atoms with Crippen molar-refractivity contribution in [1.82, 2.24) is 5.16 Å². The van der Waals surface area contributed by atoms with E-state index in [1.165, 1.54) is 0 Å². The van der Waals surface area contributed by atoms with Crippen molar-refractivity contribution in [1.29, 1.82) is 0 Å². The Morgan fingerprint density at radius 2 is 2.13 bits per heavy atom. The third kappa shape index (κ3) is 5.46. The van der Waals surface area contributed by atoms with E-state index < -0.39 is 12.2 Å². The highest BCUT2D eigenvalue weighted by atomic mass is 35.5. The van der Waals surface area contributed by atoms with E-state index in [9.17, 15) is 4.79 Å². The minimum atomic E-state index is -0.604. The van der Waals surface area contributed by atoms with Crippen LogP contribution >= 0.6 is 23.4 Å². The van der Waals surface area contributed by atoms with Crippen LogP contribution in [0.15, 0.2) is 65.7 Å². The second kappa shape index (κ2) is 10.4. The second-order valence-corrected chi connectivity index (χ2v) is 8.11. The number of hydrogen-bond donors (Lipinski definition) is 1. The molecule has 1 aromatic heterocycles. The van der Waals surface area contributed by atoms with E-state index in [-0.39, 0.29) is 0 Å². The summed E-state index contributed by atoms with van der Waals surface area (Å²) in [7, 11) is 0. The fourth-order valence-corrected chi connectivity index (χ4v) is 3.93. The van der Waals surface area contributed by atoms with Gasteiger partial charge in [0.15, 0.2) is 5.76 Å². The zero-order valence-electron chi connectivity index (χ0n) is 16.9. The summed E-state index contributed by atoms with van der Waals surface area (Å²) in [6.07, 6.45) is 0.770. The van der Waals surface area contributed by atoms with Gasteiger partial charge in [0.25, 0.3) is 0 Å². The Morgan fingerprint density at radius 1 is 1.33 bits per heavy atom. The summed E-state index contributed by atoms with van der Waals surface area (Å²) in [4.78, 5) is 12.5. The van der Waals surface area contributed by atoms with E-state index >= 15 is 0 Å². The lowest BCUT2D eigenvalue weighted by molar-refractivity contribution is 0.121. The van der Waals surface area contributed by atoms with Crippen LogP contribution in [0.3, 0.4) is 0 Å². The van der Waals surface area contributed by atoms with Crippen molar-refractivity contribution in [2.24, 2.45) is 0 Å². The molecule has 0 radical (unpaired) electrons. The predicted molar refractivity (Wildman–Crippen MR) is 123 cm³/mol. The number of anilines is 1. The van der Waals surface area contributed by atoms with E-state index in [1.807, 2.05) is 42.5 Å². The fourth-order valence-electron chi connectivity index (χ4n) is 2.94. The zero-order valence-corrected chi connectivity index (χ0v) is 18.4. The number of rotatable bonds is 8. The van der Waals surface area contributed by atoms with Crippen LogP contribution < -0.4 is 5.32 Å². The molecule has 7 heteroatoms. The number of carbonyl (C=O) groups excluding carboxylic acids is 1. The Morgan fingerprint density at radius 3 is 2.90 bits per heavy atom. The molecule has 0 aliphatic rings. The highest BCUT2D eigenvalue weighted by Gasteiger charge is 2.20. The number of aromatic nitrogens is 1. The van der Waals surface area contributed by atoms with E-state index in [2.05, 4.69) is 23.1 Å². The Labute approximate surface area is 185 Å². The molecule has 30 heavy (non-hydrogen) atoms. The highest BCUT2D eigenvalue weighted by Crippen LogP contribution is 2.33. The molecule has 3 rings (SSSR count). The number of carbonyl (C=O) groups is 1. The summed E-state index contributed by atoms with van der Waals surface area (Å²) in [5.74, 6) is 2.23. The van der Waals surface area contributed by atoms with Crippen molar-refractivity contribution in [2.75, 3.05) is 11.1 Å². The quantitative estimate of drug-likeness (QED) is 0.299. The van der Waals surface area contributed by atoms with Crippen LogP contribution in [0.1, 0.15) is 29.8 Å². The first kappa shape index (κ1) is 22.0. The average molecular weight is 443 g/mol. The summed E-state index contributed by atoms with van der Waals surface area (Å²) in [5, 5.41) is 7.33. The molecule has 0 saturated heterocycles. The van der Waals surface area contributed by atoms with Crippen LogP contribution in [0.4, 0.5) is 10.5 Å². The van der Waals surface area contributed by atoms with Crippen molar-refractivity contribution in [2.45, 2.75) is 25.7 Å². The van der Waals surface area contributed by atoms with Crippen molar-refractivity contribution in [3.8, 4) is 11.3 Å². The summed E-state index contributed by atoms with van der Waals surface area (Å²) < 4.78 is 11.0. The lowest BCUT2D eigenvalue weighted by Crippen LogP contribution is -2.17. The van der Waals surface area contributed by atoms with Crippen LogP contribution in [0.5, 0.6) is 0 Å². The number of aryl methyl sites for hydroxylation is 1. The molecule has 3 aromatic rings. The standard InChI is InChI=1S/C23H23ClN2O3S/c1-4-12-30-14-17-8-7-9-18(13-17)22-21(15(2)26-29-22)25-23(27)28-16(3)19-10-5-6-11-20(19)24/h4-11,13,16H,1,12,14H2,2-3H3,(H,25,27). The fraction of sp³-hybridized carbons (Fsp3) is 0.217. The Bertz CT molecular complexity index is 1030. The van der Waals surface area contributed by atoms with Gasteiger partial charge in [-0.3, -0.25) is 5.32 Å². The minimum absolute atomic E-state index is 0.488. The molecule has 1 amide bonds. The average Bonchev–Trinajstić information content (AvgIpc) is 3.09. The molecule has 0 aliphatic heterocycles. The zero-order chi connectivity index (χ0) is 21.5. The Hall–Kier alpha value is -2.70. The van der Waals surface area contributed by atoms with Gasteiger partial charge in [0.1, 0.15) is 17.5 Å². The monoisotopic (exact) mass is 442 g/mol. The van der Waals surface area contributed by atoms with E-state index in [1.54, 1.807) is 31.7 Å². The summed E-state index contributed by atoms with van der Waals surface area (Å²) in [6, 6.07) is 15.2. The molecule has 156 valence electrons. The lowest BCUT2D eigenvalue weighted by Gasteiger charge is -2.15. The molecule has 0 aliphatic carbocycles. The first-order chi connectivity index (χ1) is 14.5. The predicted octanol–water partition coefficient (Wildman–Crippen LogP) is 7.03. The van der Waals surface area contributed by atoms with E-state index in [0.29, 0.717) is 22.2 Å². The minimum Gasteiger partial charge on any atom is -0.441 e. The number of hydrogen-bond acceptors (Lipinski definition) is 5. The Kier molecular flexibility index (Phi) is 7.60. The molecular weight excluding hydrogens is 420 g/mol. The molecule has 0 saturated carbocycles. The number of thioether (sulfide) groups is 1. The number of nitrogens with one attached hydrogen (secondary N) is 1. The molecule has 1 heterocycles. The molecular formula is C23H23ClN2O3S. The molecule has 1 unspecified atom stereocenters. The van der Waals surface area contributed by atoms with Crippen LogP contribution in [0.25, 0.3) is 11.3 Å². The van der Waals surface area contributed by atoms with Crippen molar-refractivity contribution < 1.29 is 14.1 Å². The van der Waals surface area contributed by atoms with Crippen molar-refractivity contribution >= 4 is 35.1 Å². The topological polar surface area (TPSA) is 64.4 Å². The number of halogens is 1. The van der Waals surface area contributed by atoms with Crippen molar-refractivity contribution in [3.63, 3.8) is 0 Å². The van der Waals surface area contributed by atoms with Gasteiger partial charge in [0.2, 0.25) is 0 Å². The van der Waals surface area contributed by atoms with Gasteiger partial charge in [0, 0.05) is 27.7 Å². The smallest absolute Gasteiger partial charge is 0.412 e. The second-order valence-electron chi connectivity index (χ2n) is 6.67. The van der Waals surface area contributed by atoms with Crippen LogP contribution in [0, 0.1) is 6.92 Å². The Balaban J connectivity index is 1.74. The maximum absolute atomic E-state index is 12.5. The van der Waals surface area contributed by atoms with Crippen LogP contribution in [-0.2, 0) is 10.5 Å². The third-order valence-electron chi connectivity index (χ3n) is 4.41. The van der Waals surface area contributed by atoms with E-state index in [4.69, 9.17) is 20.9 Å². The van der Waals surface area contributed by atoms with Gasteiger partial charge in [-0.15, -0.1) is 6.58 Å². The number of amides is 1. The number of benzene rings is 2. The van der Waals surface area contributed by atoms with Gasteiger partial charge in [-0.25, -0.2) is 4.79 Å². The first-order valence-electron chi connectivity index (χ1n) is 9.46. The molecule has 2 aromatic carbocycles. The van der Waals surface area contributed by atoms with Gasteiger partial charge in [-0.1, -0.05) is 59.2 Å². The third-order valence-corrected chi connectivity index (χ3v) is 5.76. The van der Waals surface area contributed by atoms with E-state index in [0.717, 1.165) is 28.2 Å². The van der Waals surface area contributed by atoms with Crippen molar-refractivity contribution in [3.05, 3.63) is 83.0 Å². The summed E-state index contributed by atoms with van der Waals surface area (Å²) >= 11 is 7.96. The highest BCUT2D eigenvalue weighted by molar-refractivity contribution is 7.98. The van der Waals surface area contributed by atoms with Gasteiger partial charge < -0.3 is 9.26 Å². The molecule has 0 fully saturated rings. The normalized spacial score (nSPS) is 11.7. The number of ether oxygens (including phenoxy) is 1. The first-order valence-corrected chi connectivity index (χ1v) is 11.0. The molecule has 0 bridgehead atoms. The maximum atomic E-state index is 12.5. The van der Waals surface area contributed by atoms with Crippen LogP contribution in [-0.4, -0.2) is 17.0 Å². The maximum Gasteiger partial charge on any atom is 0.412 e. The number of nitrogens with zero attached hydrogens (tertiary/aromatic N) is 1. The molecule has 5 nitrogen and oxygen atoms in total. The van der Waals surface area contributed by atoms with Crippen LogP contribution in [0.2, 0.25) is 5.02 Å². The molecule has 0 spiro atoms.